The van der Waals surface area contributed by atoms with Gasteiger partial charge in [0.25, 0.3) is 5.56 Å². The minimum absolute atomic E-state index is 0.241. The van der Waals surface area contributed by atoms with Crippen molar-refractivity contribution in [1.82, 2.24) is 9.36 Å². The first-order valence-corrected chi connectivity index (χ1v) is 8.92. The summed E-state index contributed by atoms with van der Waals surface area (Å²) in [6.45, 7) is 1.78. The van der Waals surface area contributed by atoms with E-state index in [1.807, 2.05) is 30.3 Å². The molecule has 3 rings (SSSR count). The molecule has 0 unspecified atom stereocenters. The number of aromatic nitrogens is 2. The Morgan fingerprint density at radius 3 is 2.44 bits per heavy atom. The summed E-state index contributed by atoms with van der Waals surface area (Å²) in [4.78, 5) is 25.1. The molecule has 0 bridgehead atoms. The van der Waals surface area contributed by atoms with Crippen LogP contribution in [0.15, 0.2) is 59.4 Å². The van der Waals surface area contributed by atoms with Gasteiger partial charge in [-0.2, -0.15) is 0 Å². The Labute approximate surface area is 166 Å². The molecule has 1 amide bonds. The van der Waals surface area contributed by atoms with Gasteiger partial charge < -0.3 is 5.32 Å². The van der Waals surface area contributed by atoms with Gasteiger partial charge in [-0.15, -0.1) is 0 Å². The van der Waals surface area contributed by atoms with Gasteiger partial charge in [-0.1, -0.05) is 47.5 Å². The van der Waals surface area contributed by atoms with E-state index in [1.54, 1.807) is 42.9 Å². The summed E-state index contributed by atoms with van der Waals surface area (Å²) in [7, 11) is 1.77. The Balaban J connectivity index is 1.85. The Morgan fingerprint density at radius 1 is 1.07 bits per heavy atom. The first kappa shape index (κ1) is 19.0. The van der Waals surface area contributed by atoms with Crippen molar-refractivity contribution in [1.29, 1.82) is 0 Å². The lowest BCUT2D eigenvalue weighted by molar-refractivity contribution is -0.111. The van der Waals surface area contributed by atoms with E-state index >= 15 is 0 Å². The normalized spacial score (nSPS) is 11.1. The van der Waals surface area contributed by atoms with Gasteiger partial charge in [-0.25, -0.2) is 4.68 Å². The molecule has 0 atom stereocenters. The fourth-order valence-corrected chi connectivity index (χ4v) is 2.97. The van der Waals surface area contributed by atoms with E-state index in [1.165, 1.54) is 10.8 Å². The van der Waals surface area contributed by atoms with Gasteiger partial charge in [0.1, 0.15) is 5.69 Å². The Hall–Kier alpha value is -2.76. The summed E-state index contributed by atoms with van der Waals surface area (Å²) < 4.78 is 3.21. The van der Waals surface area contributed by atoms with Crippen LogP contribution in [0.3, 0.4) is 0 Å². The Kier molecular flexibility index (Phi) is 5.54. The average molecular weight is 402 g/mol. The van der Waals surface area contributed by atoms with Crippen molar-refractivity contribution in [3.05, 3.63) is 86.3 Å². The van der Waals surface area contributed by atoms with Crippen molar-refractivity contribution in [3.8, 4) is 5.69 Å². The number of nitrogens with zero attached hydrogens (tertiary/aromatic N) is 2. The lowest BCUT2D eigenvalue weighted by atomic mass is 10.2. The number of rotatable bonds is 4. The Morgan fingerprint density at radius 2 is 1.78 bits per heavy atom. The minimum Gasteiger partial charge on any atom is -0.316 e. The van der Waals surface area contributed by atoms with Crippen LogP contribution in [0.5, 0.6) is 0 Å². The van der Waals surface area contributed by atoms with Gasteiger partial charge in [0.2, 0.25) is 5.91 Å². The first-order valence-electron chi connectivity index (χ1n) is 8.16. The van der Waals surface area contributed by atoms with Crippen molar-refractivity contribution < 1.29 is 4.79 Å². The smallest absolute Gasteiger partial charge is 0.295 e. The highest BCUT2D eigenvalue weighted by molar-refractivity contribution is 6.42. The molecule has 0 saturated heterocycles. The number of carbonyl (C=O) groups excluding carboxylic acids is 1. The summed E-state index contributed by atoms with van der Waals surface area (Å²) in [6.07, 6.45) is 2.95. The van der Waals surface area contributed by atoms with Crippen LogP contribution in [-0.4, -0.2) is 15.3 Å². The molecule has 0 spiro atoms. The van der Waals surface area contributed by atoms with Crippen LogP contribution in [0, 0.1) is 6.92 Å². The third-order valence-electron chi connectivity index (χ3n) is 4.17. The first-order chi connectivity index (χ1) is 12.9. The molecule has 1 heterocycles. The second-order valence-corrected chi connectivity index (χ2v) is 6.75. The van der Waals surface area contributed by atoms with E-state index in [-0.39, 0.29) is 11.2 Å². The van der Waals surface area contributed by atoms with Crippen molar-refractivity contribution in [2.45, 2.75) is 6.92 Å². The molecule has 1 N–H and O–H groups in total. The van der Waals surface area contributed by atoms with Crippen LogP contribution in [0.25, 0.3) is 11.8 Å². The number of hydrogen-bond acceptors (Lipinski definition) is 2. The number of benzene rings is 2. The third-order valence-corrected chi connectivity index (χ3v) is 4.91. The summed E-state index contributed by atoms with van der Waals surface area (Å²) in [5.74, 6) is -0.410. The monoisotopic (exact) mass is 401 g/mol. The van der Waals surface area contributed by atoms with E-state index in [4.69, 9.17) is 23.2 Å². The molecule has 0 aliphatic rings. The maximum atomic E-state index is 12.8. The van der Waals surface area contributed by atoms with Gasteiger partial charge in [-0.3, -0.25) is 14.3 Å². The van der Waals surface area contributed by atoms with Crippen LogP contribution in [0.4, 0.5) is 5.69 Å². The van der Waals surface area contributed by atoms with Crippen molar-refractivity contribution >= 4 is 40.9 Å². The molecule has 0 fully saturated rings. The van der Waals surface area contributed by atoms with Crippen LogP contribution in [0.1, 0.15) is 11.3 Å². The molecule has 2 aromatic carbocycles. The van der Waals surface area contributed by atoms with Crippen LogP contribution < -0.4 is 10.9 Å². The maximum absolute atomic E-state index is 12.8. The second-order valence-electron chi connectivity index (χ2n) is 5.93. The Bertz CT molecular complexity index is 1080. The van der Waals surface area contributed by atoms with E-state index < -0.39 is 5.91 Å². The number of nitrogens with one attached hydrogen (secondary N) is 1. The molecular weight excluding hydrogens is 385 g/mol. The quantitative estimate of drug-likeness (QED) is 0.656. The summed E-state index contributed by atoms with van der Waals surface area (Å²) in [6, 6.07) is 14.3. The lowest BCUT2D eigenvalue weighted by Crippen LogP contribution is -2.22. The average Bonchev–Trinajstić information content (AvgIpc) is 2.87. The highest BCUT2D eigenvalue weighted by Gasteiger charge is 2.17. The zero-order valence-corrected chi connectivity index (χ0v) is 16.3. The number of anilines is 1. The molecular formula is C20H17Cl2N3O2. The second kappa shape index (κ2) is 7.86. The highest BCUT2D eigenvalue weighted by Crippen LogP contribution is 2.23. The molecule has 138 valence electrons. The molecule has 27 heavy (non-hydrogen) atoms. The summed E-state index contributed by atoms with van der Waals surface area (Å²) in [5, 5.41) is 3.52. The number of carbonyl (C=O) groups is 1. The molecule has 7 heteroatoms. The molecule has 5 nitrogen and oxygen atoms in total. The maximum Gasteiger partial charge on any atom is 0.295 e. The van der Waals surface area contributed by atoms with Crippen molar-refractivity contribution in [3.63, 3.8) is 0 Å². The zero-order valence-electron chi connectivity index (χ0n) is 14.7. The van der Waals surface area contributed by atoms with Crippen molar-refractivity contribution in [2.24, 2.45) is 7.05 Å². The zero-order chi connectivity index (χ0) is 19.6. The molecule has 0 aliphatic heterocycles. The van der Waals surface area contributed by atoms with Crippen LogP contribution >= 0.6 is 23.2 Å². The molecule has 1 aromatic heterocycles. The van der Waals surface area contributed by atoms with E-state index in [0.29, 0.717) is 15.7 Å². The van der Waals surface area contributed by atoms with Crippen LogP contribution in [-0.2, 0) is 11.8 Å². The molecule has 0 aliphatic carbocycles. The molecule has 0 radical (unpaired) electrons. The topological polar surface area (TPSA) is 56.0 Å². The van der Waals surface area contributed by atoms with Gasteiger partial charge in [-0.05, 0) is 42.8 Å². The number of halogens is 2. The third kappa shape index (κ3) is 3.99. The van der Waals surface area contributed by atoms with Gasteiger partial charge in [0.15, 0.2) is 0 Å². The number of amides is 1. The van der Waals surface area contributed by atoms with E-state index in [0.717, 1.165) is 11.3 Å². The largest absolute Gasteiger partial charge is 0.316 e. The number of hydrogen-bond donors (Lipinski definition) is 1. The van der Waals surface area contributed by atoms with Crippen molar-refractivity contribution in [2.75, 3.05) is 5.32 Å². The van der Waals surface area contributed by atoms with Gasteiger partial charge >= 0.3 is 0 Å². The highest BCUT2D eigenvalue weighted by atomic mass is 35.5. The predicted molar refractivity (Wildman–Crippen MR) is 110 cm³/mol. The predicted octanol–water partition coefficient (Wildman–Crippen LogP) is 4.44. The standard InChI is InChI=1S/C20H17Cl2N3O2/c1-13-19(20(27)25(24(13)2)15-6-4-3-5-7-15)23-18(26)11-9-14-8-10-16(21)17(22)12-14/h3-12H,1-2H3,(H,23,26)/b11-9+. The van der Waals surface area contributed by atoms with Gasteiger partial charge in [0, 0.05) is 13.1 Å². The van der Waals surface area contributed by atoms with Gasteiger partial charge in [0.05, 0.1) is 21.4 Å². The minimum atomic E-state index is -0.410. The number of para-hydroxylation sites is 1. The summed E-state index contributed by atoms with van der Waals surface area (Å²) in [5.41, 5.74) is 2.05. The van der Waals surface area contributed by atoms with Crippen LogP contribution in [0.2, 0.25) is 10.0 Å². The fourth-order valence-electron chi connectivity index (χ4n) is 2.67. The lowest BCUT2D eigenvalue weighted by Gasteiger charge is -2.07. The van der Waals surface area contributed by atoms with E-state index in [9.17, 15) is 9.59 Å². The molecule has 0 saturated carbocycles. The fraction of sp³-hybridized carbons (Fsp3) is 0.100. The van der Waals surface area contributed by atoms with E-state index in [2.05, 4.69) is 5.32 Å². The summed E-state index contributed by atoms with van der Waals surface area (Å²) >= 11 is 11.8. The molecule has 3 aromatic rings. The SMILES string of the molecule is Cc1c(NC(=O)/C=C/c2ccc(Cl)c(Cl)c2)c(=O)n(-c2ccccc2)n1C.